The third-order valence-electron chi connectivity index (χ3n) is 1.36. The molecule has 0 aromatic carbocycles. The molecule has 0 atom stereocenters. The van der Waals surface area contributed by atoms with Crippen molar-refractivity contribution in [2.75, 3.05) is 0 Å². The Bertz CT molecular complexity index is 404. The number of aliphatic imine (C=N–C) groups is 1. The summed E-state index contributed by atoms with van der Waals surface area (Å²) in [7, 11) is 0. The summed E-state index contributed by atoms with van der Waals surface area (Å²) in [5.74, 6) is 0. The molecular weight excluding hydrogens is 190 g/mol. The van der Waals surface area contributed by atoms with Crippen molar-refractivity contribution in [1.82, 2.24) is 4.57 Å². The fraction of sp³-hybridized carbons (Fsp3) is 0.100. The lowest BCUT2D eigenvalue weighted by Crippen LogP contribution is -2.29. The van der Waals surface area contributed by atoms with Gasteiger partial charge in [0.2, 0.25) is 6.33 Å². The van der Waals surface area contributed by atoms with Gasteiger partial charge in [0.25, 0.3) is 0 Å². The summed E-state index contributed by atoms with van der Waals surface area (Å²) in [5.41, 5.74) is 0. The number of rotatable bonds is 3. The molecule has 1 aromatic rings. The first-order chi connectivity index (χ1) is 7.28. The molecule has 0 saturated heterocycles. The fourth-order valence-corrected chi connectivity index (χ4v) is 0.798. The average Bonchev–Trinajstić information content (AvgIpc) is 2.68. The van der Waals surface area contributed by atoms with E-state index in [1.54, 1.807) is 6.20 Å². The van der Waals surface area contributed by atoms with E-state index in [-0.39, 0.29) is 0 Å². The average molecular weight is 201 g/mol. The van der Waals surface area contributed by atoms with E-state index < -0.39 is 0 Å². The SMILES string of the molecule is C=CC[n+]1ccn(C=C)c1.N#CN=C=[N-]. The maximum Gasteiger partial charge on any atom is 0.248 e. The molecule has 76 valence electrons. The third-order valence-corrected chi connectivity index (χ3v) is 1.36. The normalized spacial score (nSPS) is 7.40. The predicted molar refractivity (Wildman–Crippen MR) is 57.6 cm³/mol. The smallest absolute Gasteiger partial charge is 0.248 e. The largest absolute Gasteiger partial charge is 0.422 e. The van der Waals surface area contributed by atoms with Gasteiger partial charge in [-0.3, -0.25) is 0 Å². The van der Waals surface area contributed by atoms with Crippen molar-refractivity contribution >= 4 is 12.2 Å². The summed E-state index contributed by atoms with van der Waals surface area (Å²) in [6.45, 7) is 8.11. The number of nitriles is 1. The summed E-state index contributed by atoms with van der Waals surface area (Å²) in [4.78, 5) is 2.58. The Morgan fingerprint density at radius 3 is 2.67 bits per heavy atom. The lowest BCUT2D eigenvalue weighted by atomic mass is 10.6. The summed E-state index contributed by atoms with van der Waals surface area (Å²) in [5, 5.41) is 14.9. The Morgan fingerprint density at radius 2 is 2.33 bits per heavy atom. The van der Waals surface area contributed by atoms with E-state index in [0.717, 1.165) is 6.54 Å². The Balaban J connectivity index is 0.000000336. The number of nitrogens with zero attached hydrogens (tertiary/aromatic N) is 5. The van der Waals surface area contributed by atoms with Gasteiger partial charge in [0.1, 0.15) is 18.9 Å². The molecule has 0 amide bonds. The molecule has 1 rings (SSSR count). The molecule has 5 nitrogen and oxygen atoms in total. The van der Waals surface area contributed by atoms with Crippen LogP contribution in [0.25, 0.3) is 11.6 Å². The summed E-state index contributed by atoms with van der Waals surface area (Å²) >= 11 is 0. The van der Waals surface area contributed by atoms with Crippen molar-refractivity contribution in [3.8, 4) is 6.19 Å². The zero-order chi connectivity index (χ0) is 11.5. The van der Waals surface area contributed by atoms with Gasteiger partial charge < -0.3 is 10.4 Å². The molecule has 15 heavy (non-hydrogen) atoms. The van der Waals surface area contributed by atoms with Gasteiger partial charge in [0, 0.05) is 0 Å². The van der Waals surface area contributed by atoms with Crippen molar-refractivity contribution in [2.45, 2.75) is 6.54 Å². The van der Waals surface area contributed by atoms with Crippen LogP contribution in [0, 0.1) is 11.5 Å². The van der Waals surface area contributed by atoms with Crippen LogP contribution in [0.3, 0.4) is 0 Å². The van der Waals surface area contributed by atoms with Crippen molar-refractivity contribution in [3.63, 3.8) is 0 Å². The summed E-state index contributed by atoms with van der Waals surface area (Å²) in [6.07, 6.45) is 10.8. The fourth-order valence-electron chi connectivity index (χ4n) is 0.798. The first-order valence-electron chi connectivity index (χ1n) is 4.06. The summed E-state index contributed by atoms with van der Waals surface area (Å²) in [6, 6.07) is 1.28. The molecule has 0 aliphatic rings. The van der Waals surface area contributed by atoms with Crippen LogP contribution in [0.1, 0.15) is 0 Å². The minimum atomic E-state index is 0.848. The van der Waals surface area contributed by atoms with Crippen LogP contribution >= 0.6 is 0 Å². The Hall–Kier alpha value is -2.44. The molecule has 1 heterocycles. The van der Waals surface area contributed by atoms with Gasteiger partial charge >= 0.3 is 0 Å². The van der Waals surface area contributed by atoms with Crippen molar-refractivity contribution in [2.24, 2.45) is 4.99 Å². The summed E-state index contributed by atoms with van der Waals surface area (Å²) < 4.78 is 3.91. The van der Waals surface area contributed by atoms with E-state index in [4.69, 9.17) is 10.7 Å². The van der Waals surface area contributed by atoms with E-state index in [0.29, 0.717) is 0 Å². The molecule has 0 spiro atoms. The van der Waals surface area contributed by atoms with Gasteiger partial charge in [0.05, 0.1) is 12.4 Å². The molecule has 0 aliphatic carbocycles. The monoisotopic (exact) mass is 201 g/mol. The van der Waals surface area contributed by atoms with Gasteiger partial charge in [0.15, 0.2) is 0 Å². The van der Waals surface area contributed by atoms with Crippen LogP contribution in [0.2, 0.25) is 0 Å². The lowest BCUT2D eigenvalue weighted by molar-refractivity contribution is -0.686. The topological polar surface area (TPSA) is 67.3 Å². The maximum atomic E-state index is 7.43. The molecule has 5 heteroatoms. The van der Waals surface area contributed by atoms with Gasteiger partial charge in [-0.1, -0.05) is 19.2 Å². The van der Waals surface area contributed by atoms with Crippen LogP contribution in [0.15, 0.2) is 42.9 Å². The highest BCUT2D eigenvalue weighted by Gasteiger charge is 1.95. The molecule has 0 N–H and O–H groups in total. The van der Waals surface area contributed by atoms with E-state index in [1.165, 1.54) is 12.2 Å². The van der Waals surface area contributed by atoms with Crippen molar-refractivity contribution < 1.29 is 4.57 Å². The maximum absolute atomic E-state index is 7.43. The molecule has 0 aliphatic heterocycles. The quantitative estimate of drug-likeness (QED) is 0.314. The minimum Gasteiger partial charge on any atom is -0.422 e. The van der Waals surface area contributed by atoms with Gasteiger partial charge in [-0.25, -0.2) is 9.13 Å². The van der Waals surface area contributed by atoms with Crippen LogP contribution in [0.5, 0.6) is 0 Å². The van der Waals surface area contributed by atoms with Crippen molar-refractivity contribution in [3.05, 3.63) is 43.4 Å². The van der Waals surface area contributed by atoms with E-state index in [9.17, 15) is 0 Å². The van der Waals surface area contributed by atoms with Gasteiger partial charge in [-0.05, 0) is 0 Å². The predicted octanol–water partition coefficient (Wildman–Crippen LogP) is 1.27. The van der Waals surface area contributed by atoms with Crippen LogP contribution in [-0.4, -0.2) is 10.6 Å². The van der Waals surface area contributed by atoms with Crippen LogP contribution < -0.4 is 4.57 Å². The molecule has 0 fully saturated rings. The number of imidazole rings is 1. The van der Waals surface area contributed by atoms with Gasteiger partial charge in [-0.15, -0.1) is 6.01 Å². The molecular formula is C10H11N5. The number of allylic oxidation sites excluding steroid dienone is 1. The molecule has 0 saturated carbocycles. The van der Waals surface area contributed by atoms with E-state index >= 15 is 0 Å². The number of hydrogen-bond acceptors (Lipinski definition) is 2. The first kappa shape index (κ1) is 12.6. The molecule has 0 radical (unpaired) electrons. The Kier molecular flexibility index (Phi) is 6.84. The zero-order valence-electron chi connectivity index (χ0n) is 8.24. The van der Waals surface area contributed by atoms with Crippen molar-refractivity contribution in [1.29, 1.82) is 5.26 Å². The highest BCUT2D eigenvalue weighted by molar-refractivity contribution is 5.46. The van der Waals surface area contributed by atoms with Crippen LogP contribution in [0.4, 0.5) is 0 Å². The zero-order valence-corrected chi connectivity index (χ0v) is 8.24. The standard InChI is InChI=1S/C8H11N2.C2N3/c1-3-5-10-7-6-9(4-2)8-10;3-1-5-2-4/h3-4,6-8H,1-2,5H2;/q+1;-1. The minimum absolute atomic E-state index is 0.848. The molecule has 1 aromatic heterocycles. The molecule has 0 unspecified atom stereocenters. The highest BCUT2D eigenvalue weighted by Crippen LogP contribution is 1.82. The Labute approximate surface area is 88.4 Å². The second kappa shape index (κ2) is 8.17. The van der Waals surface area contributed by atoms with E-state index in [2.05, 4.69) is 18.2 Å². The lowest BCUT2D eigenvalue weighted by Gasteiger charge is -1.83. The first-order valence-corrected chi connectivity index (χ1v) is 4.06. The Morgan fingerprint density at radius 1 is 1.60 bits per heavy atom. The second-order valence-corrected chi connectivity index (χ2v) is 2.34. The van der Waals surface area contributed by atoms with Crippen LogP contribution in [-0.2, 0) is 6.54 Å². The van der Waals surface area contributed by atoms with E-state index in [1.807, 2.05) is 33.9 Å². The van der Waals surface area contributed by atoms with Gasteiger partial charge in [-0.2, -0.15) is 5.26 Å². The number of hydrogen-bond donors (Lipinski definition) is 0. The molecule has 0 bridgehead atoms. The number of aromatic nitrogens is 2. The third kappa shape index (κ3) is 5.75. The second-order valence-electron chi connectivity index (χ2n) is 2.34. The highest BCUT2D eigenvalue weighted by atomic mass is 15.1.